The van der Waals surface area contributed by atoms with E-state index in [1.165, 1.54) is 28.3 Å². The first kappa shape index (κ1) is 13.9. The number of hydrogen-bond acceptors (Lipinski definition) is 3. The summed E-state index contributed by atoms with van der Waals surface area (Å²) < 4.78 is 28.5. The average Bonchev–Trinajstić information content (AvgIpc) is 3.04. The highest BCUT2D eigenvalue weighted by molar-refractivity contribution is 7.19. The Balaban J connectivity index is 2.13. The first-order valence-electron chi connectivity index (χ1n) is 5.84. The molecule has 3 rings (SSSR count). The standard InChI is InChI=1S/C14H7ClF2N2OS/c15-13-4-3-12(21-13)14-8(7-20)6-19(18-14)11-2-1-9(16)5-10(11)17/h1-7H. The third-order valence-electron chi connectivity index (χ3n) is 2.83. The number of aromatic nitrogens is 2. The number of carbonyl (C=O) groups is 1. The summed E-state index contributed by atoms with van der Waals surface area (Å²) in [5, 5.41) is 4.20. The lowest BCUT2D eigenvalue weighted by molar-refractivity contribution is 0.112. The molecule has 0 unspecified atom stereocenters. The summed E-state index contributed by atoms with van der Waals surface area (Å²) in [7, 11) is 0. The van der Waals surface area contributed by atoms with Gasteiger partial charge < -0.3 is 0 Å². The first-order valence-corrected chi connectivity index (χ1v) is 7.04. The summed E-state index contributed by atoms with van der Waals surface area (Å²) in [5.41, 5.74) is 0.774. The minimum atomic E-state index is -0.759. The number of carbonyl (C=O) groups excluding carboxylic acids is 1. The highest BCUT2D eigenvalue weighted by Crippen LogP contribution is 2.32. The van der Waals surface area contributed by atoms with Gasteiger partial charge in [0.1, 0.15) is 17.2 Å². The SMILES string of the molecule is O=Cc1cn(-c2ccc(F)cc2F)nc1-c1ccc(Cl)s1. The van der Waals surface area contributed by atoms with Crippen LogP contribution >= 0.6 is 22.9 Å². The van der Waals surface area contributed by atoms with Gasteiger partial charge in [-0.05, 0) is 24.3 Å². The predicted octanol–water partition coefficient (Wildman–Crippen LogP) is 4.34. The fourth-order valence-electron chi connectivity index (χ4n) is 1.90. The molecule has 0 radical (unpaired) electrons. The van der Waals surface area contributed by atoms with Gasteiger partial charge in [-0.2, -0.15) is 5.10 Å². The largest absolute Gasteiger partial charge is 0.298 e. The molecule has 0 aliphatic rings. The second-order valence-electron chi connectivity index (χ2n) is 4.19. The maximum Gasteiger partial charge on any atom is 0.153 e. The molecule has 0 atom stereocenters. The minimum Gasteiger partial charge on any atom is -0.298 e. The number of aldehydes is 1. The topological polar surface area (TPSA) is 34.9 Å². The van der Waals surface area contributed by atoms with Gasteiger partial charge in [-0.25, -0.2) is 13.5 Å². The Hall–Kier alpha value is -2.05. The third-order valence-corrected chi connectivity index (χ3v) is 4.07. The van der Waals surface area contributed by atoms with Crippen molar-refractivity contribution < 1.29 is 13.6 Å². The van der Waals surface area contributed by atoms with Crippen LogP contribution in [0.3, 0.4) is 0 Å². The Kier molecular flexibility index (Phi) is 3.57. The van der Waals surface area contributed by atoms with Crippen molar-refractivity contribution in [2.75, 3.05) is 0 Å². The van der Waals surface area contributed by atoms with Crippen molar-refractivity contribution in [1.29, 1.82) is 0 Å². The number of benzene rings is 1. The maximum absolute atomic E-state index is 13.8. The smallest absolute Gasteiger partial charge is 0.153 e. The lowest BCUT2D eigenvalue weighted by Gasteiger charge is -2.02. The van der Waals surface area contributed by atoms with E-state index in [0.29, 0.717) is 26.8 Å². The van der Waals surface area contributed by atoms with Crippen molar-refractivity contribution in [3.8, 4) is 16.3 Å². The maximum atomic E-state index is 13.8. The van der Waals surface area contributed by atoms with E-state index in [2.05, 4.69) is 5.10 Å². The van der Waals surface area contributed by atoms with Crippen LogP contribution in [0.1, 0.15) is 10.4 Å². The Morgan fingerprint density at radius 1 is 1.24 bits per heavy atom. The summed E-state index contributed by atoms with van der Waals surface area (Å²) in [5.74, 6) is -1.44. The van der Waals surface area contributed by atoms with Gasteiger partial charge in [0.15, 0.2) is 12.1 Å². The van der Waals surface area contributed by atoms with Gasteiger partial charge >= 0.3 is 0 Å². The van der Waals surface area contributed by atoms with Gasteiger partial charge in [0, 0.05) is 12.3 Å². The second kappa shape index (κ2) is 5.38. The van der Waals surface area contributed by atoms with Gasteiger partial charge in [0.05, 0.1) is 14.8 Å². The van der Waals surface area contributed by atoms with E-state index >= 15 is 0 Å². The van der Waals surface area contributed by atoms with Crippen molar-refractivity contribution in [1.82, 2.24) is 9.78 Å². The molecule has 3 nitrogen and oxygen atoms in total. The van der Waals surface area contributed by atoms with Crippen LogP contribution in [0.15, 0.2) is 36.5 Å². The Morgan fingerprint density at radius 2 is 2.05 bits per heavy atom. The van der Waals surface area contributed by atoms with Crippen LogP contribution in [0, 0.1) is 11.6 Å². The van der Waals surface area contributed by atoms with Crippen LogP contribution in [0.5, 0.6) is 0 Å². The van der Waals surface area contributed by atoms with Crippen molar-refractivity contribution in [3.05, 3.63) is 58.1 Å². The molecule has 2 heterocycles. The molecule has 0 saturated carbocycles. The van der Waals surface area contributed by atoms with E-state index in [1.807, 2.05) is 0 Å². The van der Waals surface area contributed by atoms with Crippen LogP contribution in [0.4, 0.5) is 8.78 Å². The van der Waals surface area contributed by atoms with Crippen molar-refractivity contribution in [3.63, 3.8) is 0 Å². The van der Waals surface area contributed by atoms with Gasteiger partial charge in [-0.15, -0.1) is 11.3 Å². The molecule has 0 aliphatic heterocycles. The zero-order valence-corrected chi connectivity index (χ0v) is 12.0. The Morgan fingerprint density at radius 3 is 2.67 bits per heavy atom. The molecular formula is C14H7ClF2N2OS. The number of rotatable bonds is 3. The Labute approximate surface area is 127 Å². The number of hydrogen-bond donors (Lipinski definition) is 0. The number of thiophene rings is 1. The fraction of sp³-hybridized carbons (Fsp3) is 0. The molecular weight excluding hydrogens is 318 g/mol. The molecule has 0 saturated heterocycles. The summed E-state index contributed by atoms with van der Waals surface area (Å²) >= 11 is 7.13. The zero-order valence-electron chi connectivity index (χ0n) is 10.4. The fourth-order valence-corrected chi connectivity index (χ4v) is 2.95. The molecule has 1 aromatic carbocycles. The van der Waals surface area contributed by atoms with E-state index in [-0.39, 0.29) is 5.69 Å². The van der Waals surface area contributed by atoms with Crippen LogP contribution in [0.2, 0.25) is 4.34 Å². The highest BCUT2D eigenvalue weighted by atomic mass is 35.5. The highest BCUT2D eigenvalue weighted by Gasteiger charge is 2.15. The van der Waals surface area contributed by atoms with Gasteiger partial charge in [-0.1, -0.05) is 11.6 Å². The molecule has 0 fully saturated rings. The average molecular weight is 325 g/mol. The van der Waals surface area contributed by atoms with Crippen molar-refractivity contribution >= 4 is 29.2 Å². The number of nitrogens with zero attached hydrogens (tertiary/aromatic N) is 2. The normalized spacial score (nSPS) is 10.8. The van der Waals surface area contributed by atoms with E-state index in [9.17, 15) is 13.6 Å². The molecule has 0 amide bonds. The number of halogens is 3. The monoisotopic (exact) mass is 324 g/mol. The second-order valence-corrected chi connectivity index (χ2v) is 5.91. The molecule has 0 bridgehead atoms. The zero-order chi connectivity index (χ0) is 15.0. The van der Waals surface area contributed by atoms with Crippen molar-refractivity contribution in [2.24, 2.45) is 0 Å². The third kappa shape index (κ3) is 2.59. The molecule has 0 aliphatic carbocycles. The molecule has 21 heavy (non-hydrogen) atoms. The van der Waals surface area contributed by atoms with Crippen LogP contribution in [-0.4, -0.2) is 16.1 Å². The molecule has 106 valence electrons. The lowest BCUT2D eigenvalue weighted by atomic mass is 10.2. The molecule has 7 heteroatoms. The van der Waals surface area contributed by atoms with E-state index in [0.717, 1.165) is 12.1 Å². The Bertz CT molecular complexity index is 828. The van der Waals surface area contributed by atoms with E-state index in [1.54, 1.807) is 12.1 Å². The summed E-state index contributed by atoms with van der Waals surface area (Å²) in [6, 6.07) is 6.57. The first-order chi connectivity index (χ1) is 10.1. The van der Waals surface area contributed by atoms with Gasteiger partial charge in [-0.3, -0.25) is 4.79 Å². The summed E-state index contributed by atoms with van der Waals surface area (Å²) in [4.78, 5) is 11.9. The molecule has 2 aromatic heterocycles. The van der Waals surface area contributed by atoms with Crippen LogP contribution in [0.25, 0.3) is 16.3 Å². The lowest BCUT2D eigenvalue weighted by Crippen LogP contribution is -1.98. The van der Waals surface area contributed by atoms with Crippen LogP contribution in [-0.2, 0) is 0 Å². The van der Waals surface area contributed by atoms with Crippen LogP contribution < -0.4 is 0 Å². The van der Waals surface area contributed by atoms with Crippen molar-refractivity contribution in [2.45, 2.75) is 0 Å². The summed E-state index contributed by atoms with van der Waals surface area (Å²) in [6.45, 7) is 0. The van der Waals surface area contributed by atoms with Gasteiger partial charge in [0.2, 0.25) is 0 Å². The molecule has 0 N–H and O–H groups in total. The predicted molar refractivity (Wildman–Crippen MR) is 77.2 cm³/mol. The van der Waals surface area contributed by atoms with Gasteiger partial charge in [0.25, 0.3) is 0 Å². The quantitative estimate of drug-likeness (QED) is 0.671. The molecule has 3 aromatic rings. The van der Waals surface area contributed by atoms with E-state index in [4.69, 9.17) is 11.6 Å². The summed E-state index contributed by atoms with van der Waals surface area (Å²) in [6.07, 6.45) is 2.03. The van der Waals surface area contributed by atoms with E-state index < -0.39 is 11.6 Å². The minimum absolute atomic E-state index is 0.0633. The molecule has 0 spiro atoms.